The molecule has 2 N–H and O–H groups in total. The van der Waals surface area contributed by atoms with Crippen molar-refractivity contribution < 1.29 is 0 Å². The highest BCUT2D eigenvalue weighted by Crippen LogP contribution is 2.43. The van der Waals surface area contributed by atoms with Crippen LogP contribution in [0.25, 0.3) is 0 Å². The Morgan fingerprint density at radius 2 is 1.94 bits per heavy atom. The summed E-state index contributed by atoms with van der Waals surface area (Å²) in [4.78, 5) is 0. The van der Waals surface area contributed by atoms with Crippen molar-refractivity contribution in [3.05, 3.63) is 35.4 Å². The van der Waals surface area contributed by atoms with E-state index in [0.717, 1.165) is 5.92 Å². The van der Waals surface area contributed by atoms with Crippen molar-refractivity contribution in [1.82, 2.24) is 0 Å². The van der Waals surface area contributed by atoms with Gasteiger partial charge in [0, 0.05) is 6.54 Å². The zero-order chi connectivity index (χ0) is 11.6. The Hall–Kier alpha value is -0.820. The van der Waals surface area contributed by atoms with Crippen molar-refractivity contribution >= 4 is 0 Å². The minimum Gasteiger partial charge on any atom is -0.326 e. The maximum Gasteiger partial charge on any atom is 0.0178 e. The summed E-state index contributed by atoms with van der Waals surface area (Å²) in [5, 5.41) is 0. The Morgan fingerprint density at radius 1 is 1.25 bits per heavy atom. The maximum absolute atomic E-state index is 5.62. The number of nitrogens with two attached hydrogens (primary N) is 1. The van der Waals surface area contributed by atoms with Crippen LogP contribution in [0, 0.1) is 5.41 Å². The second-order valence-electron chi connectivity index (χ2n) is 5.90. The maximum atomic E-state index is 5.62. The molecule has 2 rings (SSSR count). The Kier molecular flexibility index (Phi) is 3.34. The smallest absolute Gasteiger partial charge is 0.0178 e. The fourth-order valence-electron chi connectivity index (χ4n) is 2.91. The lowest BCUT2D eigenvalue weighted by molar-refractivity contribution is 0.219. The normalized spacial score (nSPS) is 24.3. The predicted octanol–water partition coefficient (Wildman–Crippen LogP) is 3.83. The molecule has 0 heterocycles. The van der Waals surface area contributed by atoms with E-state index < -0.39 is 0 Å². The van der Waals surface area contributed by atoms with Gasteiger partial charge in [0.25, 0.3) is 0 Å². The summed E-state index contributed by atoms with van der Waals surface area (Å²) in [6.07, 6.45) is 5.43. The van der Waals surface area contributed by atoms with Gasteiger partial charge in [-0.2, -0.15) is 0 Å². The van der Waals surface area contributed by atoms with E-state index in [2.05, 4.69) is 38.1 Å². The fourth-order valence-corrected chi connectivity index (χ4v) is 2.91. The molecule has 0 aromatic heterocycles. The molecular weight excluding hydrogens is 194 g/mol. The quantitative estimate of drug-likeness (QED) is 0.800. The van der Waals surface area contributed by atoms with E-state index in [1.54, 1.807) is 0 Å². The average Bonchev–Trinajstić information content (AvgIpc) is 2.28. The van der Waals surface area contributed by atoms with Gasteiger partial charge in [-0.05, 0) is 41.7 Å². The van der Waals surface area contributed by atoms with Crippen molar-refractivity contribution in [2.75, 3.05) is 0 Å². The van der Waals surface area contributed by atoms with Gasteiger partial charge in [-0.1, -0.05) is 44.5 Å². The van der Waals surface area contributed by atoms with Crippen molar-refractivity contribution in [2.24, 2.45) is 11.1 Å². The highest BCUT2D eigenvalue weighted by atomic mass is 14.5. The van der Waals surface area contributed by atoms with Crippen LogP contribution in [0.15, 0.2) is 24.3 Å². The first-order valence-corrected chi connectivity index (χ1v) is 6.40. The van der Waals surface area contributed by atoms with Crippen LogP contribution in [0.2, 0.25) is 0 Å². The van der Waals surface area contributed by atoms with Crippen molar-refractivity contribution in [3.63, 3.8) is 0 Å². The molecule has 1 unspecified atom stereocenters. The molecule has 0 bridgehead atoms. The van der Waals surface area contributed by atoms with Gasteiger partial charge in [-0.3, -0.25) is 0 Å². The lowest BCUT2D eigenvalue weighted by atomic mass is 9.70. The predicted molar refractivity (Wildman–Crippen MR) is 69.3 cm³/mol. The molecule has 1 heteroatoms. The average molecular weight is 217 g/mol. The van der Waals surface area contributed by atoms with Crippen molar-refractivity contribution in [1.29, 1.82) is 0 Å². The molecule has 1 atom stereocenters. The first kappa shape index (κ1) is 11.7. The van der Waals surface area contributed by atoms with Gasteiger partial charge in [0.2, 0.25) is 0 Å². The molecule has 1 aliphatic rings. The van der Waals surface area contributed by atoms with Crippen molar-refractivity contribution in [2.45, 2.75) is 52.0 Å². The van der Waals surface area contributed by atoms with E-state index >= 15 is 0 Å². The van der Waals surface area contributed by atoms with E-state index in [4.69, 9.17) is 5.73 Å². The highest BCUT2D eigenvalue weighted by molar-refractivity contribution is 5.25. The summed E-state index contributed by atoms with van der Waals surface area (Å²) in [6, 6.07) is 8.90. The van der Waals surface area contributed by atoms with Gasteiger partial charge in [-0.25, -0.2) is 0 Å². The van der Waals surface area contributed by atoms with Crippen LogP contribution in [-0.4, -0.2) is 0 Å². The van der Waals surface area contributed by atoms with Crippen molar-refractivity contribution in [3.8, 4) is 0 Å². The Labute approximate surface area is 99.0 Å². The third kappa shape index (κ3) is 2.65. The van der Waals surface area contributed by atoms with Gasteiger partial charge in [0.1, 0.15) is 0 Å². The van der Waals surface area contributed by atoms with Crippen LogP contribution in [0.4, 0.5) is 0 Å². The third-order valence-corrected chi connectivity index (χ3v) is 3.89. The van der Waals surface area contributed by atoms with Crippen LogP contribution in [0.3, 0.4) is 0 Å². The number of rotatable bonds is 2. The second kappa shape index (κ2) is 4.58. The molecule has 1 saturated carbocycles. The standard InChI is InChI=1S/C15H23N/c1-15(2)9-3-4-14(10-15)13-7-5-12(11-16)6-8-13/h5-8,14H,3-4,9-11,16H2,1-2H3. The molecule has 1 aromatic rings. The molecule has 1 aliphatic carbocycles. The molecule has 1 nitrogen and oxygen atoms in total. The monoisotopic (exact) mass is 217 g/mol. The minimum atomic E-state index is 0.523. The van der Waals surface area contributed by atoms with Gasteiger partial charge in [0.15, 0.2) is 0 Å². The fraction of sp³-hybridized carbons (Fsp3) is 0.600. The molecule has 0 spiro atoms. The summed E-state index contributed by atoms with van der Waals surface area (Å²) >= 11 is 0. The largest absolute Gasteiger partial charge is 0.326 e. The van der Waals surface area contributed by atoms with Gasteiger partial charge < -0.3 is 5.73 Å². The number of benzene rings is 1. The first-order valence-electron chi connectivity index (χ1n) is 6.40. The Morgan fingerprint density at radius 3 is 2.50 bits per heavy atom. The Bertz CT molecular complexity index is 337. The highest BCUT2D eigenvalue weighted by Gasteiger charge is 2.28. The summed E-state index contributed by atoms with van der Waals surface area (Å²) < 4.78 is 0. The zero-order valence-corrected chi connectivity index (χ0v) is 10.5. The number of hydrogen-bond acceptors (Lipinski definition) is 1. The molecule has 0 aliphatic heterocycles. The lowest BCUT2D eigenvalue weighted by Gasteiger charge is -2.35. The molecule has 0 amide bonds. The SMILES string of the molecule is CC1(C)CCCC(c2ccc(CN)cc2)C1. The molecule has 16 heavy (non-hydrogen) atoms. The molecule has 0 saturated heterocycles. The zero-order valence-electron chi connectivity index (χ0n) is 10.5. The summed E-state index contributed by atoms with van der Waals surface area (Å²) in [5.74, 6) is 0.760. The first-order chi connectivity index (χ1) is 7.61. The molecule has 1 aromatic carbocycles. The molecule has 0 radical (unpaired) electrons. The topological polar surface area (TPSA) is 26.0 Å². The third-order valence-electron chi connectivity index (χ3n) is 3.89. The van der Waals surface area contributed by atoms with Crippen LogP contribution < -0.4 is 5.73 Å². The van der Waals surface area contributed by atoms with Crippen LogP contribution >= 0.6 is 0 Å². The van der Waals surface area contributed by atoms with Crippen LogP contribution in [0.1, 0.15) is 56.6 Å². The summed E-state index contributed by atoms with van der Waals surface area (Å²) in [6.45, 7) is 5.44. The summed E-state index contributed by atoms with van der Waals surface area (Å²) in [7, 11) is 0. The lowest BCUT2D eigenvalue weighted by Crippen LogP contribution is -2.21. The van der Waals surface area contributed by atoms with Gasteiger partial charge >= 0.3 is 0 Å². The Balaban J connectivity index is 2.11. The second-order valence-corrected chi connectivity index (χ2v) is 5.90. The van der Waals surface area contributed by atoms with Crippen LogP contribution in [0.5, 0.6) is 0 Å². The molecule has 1 fully saturated rings. The van der Waals surface area contributed by atoms with E-state index in [0.29, 0.717) is 12.0 Å². The van der Waals surface area contributed by atoms with E-state index in [9.17, 15) is 0 Å². The number of hydrogen-bond donors (Lipinski definition) is 1. The minimum absolute atomic E-state index is 0.523. The van der Waals surface area contributed by atoms with E-state index in [-0.39, 0.29) is 0 Å². The van der Waals surface area contributed by atoms with E-state index in [1.807, 2.05) is 0 Å². The summed E-state index contributed by atoms with van der Waals surface area (Å²) in [5.41, 5.74) is 8.88. The van der Waals surface area contributed by atoms with Crippen LogP contribution in [-0.2, 0) is 6.54 Å². The van der Waals surface area contributed by atoms with E-state index in [1.165, 1.54) is 36.8 Å². The molecule has 88 valence electrons. The molecular formula is C15H23N. The van der Waals surface area contributed by atoms with Gasteiger partial charge in [0.05, 0.1) is 0 Å². The van der Waals surface area contributed by atoms with Gasteiger partial charge in [-0.15, -0.1) is 0 Å².